The Balaban J connectivity index is 1.81. The maximum atomic E-state index is 12.0. The Hall–Kier alpha value is -2.08. The SMILES string of the molecule is NC(=O)Nc1ccc(C(=O)NCC2CCC(O)CC2)cc1. The van der Waals surface area contributed by atoms with Crippen molar-refractivity contribution in [2.45, 2.75) is 31.8 Å². The van der Waals surface area contributed by atoms with Crippen molar-refractivity contribution < 1.29 is 14.7 Å². The summed E-state index contributed by atoms with van der Waals surface area (Å²) in [4.78, 5) is 22.7. The molecule has 0 heterocycles. The van der Waals surface area contributed by atoms with E-state index in [-0.39, 0.29) is 12.0 Å². The van der Waals surface area contributed by atoms with E-state index >= 15 is 0 Å². The van der Waals surface area contributed by atoms with E-state index < -0.39 is 6.03 Å². The van der Waals surface area contributed by atoms with E-state index in [0.29, 0.717) is 23.7 Å². The van der Waals surface area contributed by atoms with Gasteiger partial charge in [0.2, 0.25) is 0 Å². The van der Waals surface area contributed by atoms with Crippen LogP contribution in [0.2, 0.25) is 0 Å². The van der Waals surface area contributed by atoms with Crippen LogP contribution in [0.3, 0.4) is 0 Å². The van der Waals surface area contributed by atoms with Gasteiger partial charge in [-0.3, -0.25) is 4.79 Å². The van der Waals surface area contributed by atoms with Crippen LogP contribution in [-0.2, 0) is 0 Å². The molecule has 0 aromatic heterocycles. The molecule has 3 amide bonds. The summed E-state index contributed by atoms with van der Waals surface area (Å²) in [5.74, 6) is 0.305. The van der Waals surface area contributed by atoms with E-state index in [1.807, 2.05) is 0 Å². The zero-order chi connectivity index (χ0) is 15.2. The first kappa shape index (κ1) is 15.3. The number of aliphatic hydroxyl groups excluding tert-OH is 1. The number of rotatable bonds is 4. The first-order valence-electron chi connectivity index (χ1n) is 7.17. The van der Waals surface area contributed by atoms with Crippen LogP contribution in [0.25, 0.3) is 0 Å². The number of nitrogens with two attached hydrogens (primary N) is 1. The molecule has 114 valence electrons. The number of hydrogen-bond donors (Lipinski definition) is 4. The maximum Gasteiger partial charge on any atom is 0.316 e. The van der Waals surface area contributed by atoms with Crippen molar-refractivity contribution >= 4 is 17.6 Å². The Morgan fingerprint density at radius 1 is 1.14 bits per heavy atom. The van der Waals surface area contributed by atoms with E-state index in [1.54, 1.807) is 24.3 Å². The van der Waals surface area contributed by atoms with Crippen LogP contribution in [0, 0.1) is 5.92 Å². The number of benzene rings is 1. The van der Waals surface area contributed by atoms with Crippen molar-refractivity contribution in [3.8, 4) is 0 Å². The van der Waals surface area contributed by atoms with Gasteiger partial charge in [-0.25, -0.2) is 4.79 Å². The Morgan fingerprint density at radius 3 is 2.33 bits per heavy atom. The molecule has 0 spiro atoms. The Labute approximate surface area is 123 Å². The first-order chi connectivity index (χ1) is 10.0. The monoisotopic (exact) mass is 291 g/mol. The van der Waals surface area contributed by atoms with Gasteiger partial charge in [-0.1, -0.05) is 0 Å². The normalized spacial score (nSPS) is 21.6. The molecule has 0 radical (unpaired) electrons. The molecule has 0 saturated heterocycles. The minimum absolute atomic E-state index is 0.133. The van der Waals surface area contributed by atoms with Crippen molar-refractivity contribution in [3.05, 3.63) is 29.8 Å². The fourth-order valence-corrected chi connectivity index (χ4v) is 2.54. The predicted molar refractivity (Wildman–Crippen MR) is 79.9 cm³/mol. The van der Waals surface area contributed by atoms with Gasteiger partial charge in [-0.15, -0.1) is 0 Å². The number of nitrogens with one attached hydrogen (secondary N) is 2. The summed E-state index contributed by atoms with van der Waals surface area (Å²) in [6.07, 6.45) is 3.34. The van der Waals surface area contributed by atoms with Crippen LogP contribution in [0.5, 0.6) is 0 Å². The molecule has 6 heteroatoms. The minimum atomic E-state index is -0.633. The largest absolute Gasteiger partial charge is 0.393 e. The lowest BCUT2D eigenvalue weighted by Gasteiger charge is -2.25. The number of aliphatic hydroxyl groups is 1. The first-order valence-corrected chi connectivity index (χ1v) is 7.17. The summed E-state index contributed by atoms with van der Waals surface area (Å²) in [6.45, 7) is 0.632. The van der Waals surface area contributed by atoms with Gasteiger partial charge >= 0.3 is 6.03 Å². The lowest BCUT2D eigenvalue weighted by molar-refractivity contribution is 0.0910. The molecule has 2 rings (SSSR count). The molecule has 1 aromatic carbocycles. The number of anilines is 1. The second-order valence-electron chi connectivity index (χ2n) is 5.45. The number of hydrogen-bond acceptors (Lipinski definition) is 3. The zero-order valence-electron chi connectivity index (χ0n) is 11.8. The molecule has 5 N–H and O–H groups in total. The summed E-state index contributed by atoms with van der Waals surface area (Å²) >= 11 is 0. The maximum absolute atomic E-state index is 12.0. The van der Waals surface area contributed by atoms with Gasteiger partial charge in [0.05, 0.1) is 6.10 Å². The van der Waals surface area contributed by atoms with Crippen molar-refractivity contribution in [1.82, 2.24) is 5.32 Å². The summed E-state index contributed by atoms with van der Waals surface area (Å²) < 4.78 is 0. The van der Waals surface area contributed by atoms with Crippen molar-refractivity contribution in [2.24, 2.45) is 11.7 Å². The second-order valence-corrected chi connectivity index (χ2v) is 5.45. The van der Waals surface area contributed by atoms with Crippen molar-refractivity contribution in [2.75, 3.05) is 11.9 Å². The fourth-order valence-electron chi connectivity index (χ4n) is 2.54. The zero-order valence-corrected chi connectivity index (χ0v) is 11.8. The molecular weight excluding hydrogens is 270 g/mol. The third-order valence-corrected chi connectivity index (χ3v) is 3.78. The molecule has 6 nitrogen and oxygen atoms in total. The Bertz CT molecular complexity index is 493. The van der Waals surface area contributed by atoms with Gasteiger partial charge in [-0.05, 0) is 55.9 Å². The Morgan fingerprint density at radius 2 is 1.76 bits per heavy atom. The predicted octanol–water partition coefficient (Wildman–Crippen LogP) is 1.46. The summed E-state index contributed by atoms with van der Waals surface area (Å²) in [7, 11) is 0. The van der Waals surface area contributed by atoms with Crippen LogP contribution in [0.15, 0.2) is 24.3 Å². The molecule has 1 aliphatic rings. The Kier molecular flexibility index (Phi) is 5.16. The smallest absolute Gasteiger partial charge is 0.316 e. The van der Waals surface area contributed by atoms with E-state index in [0.717, 1.165) is 25.7 Å². The molecule has 1 aromatic rings. The molecule has 1 fully saturated rings. The van der Waals surface area contributed by atoms with Gasteiger partial charge in [0.1, 0.15) is 0 Å². The molecular formula is C15H21N3O3. The highest BCUT2D eigenvalue weighted by atomic mass is 16.3. The van der Waals surface area contributed by atoms with Crippen molar-refractivity contribution in [1.29, 1.82) is 0 Å². The van der Waals surface area contributed by atoms with Gasteiger partial charge < -0.3 is 21.5 Å². The van der Waals surface area contributed by atoms with Gasteiger partial charge in [0.15, 0.2) is 0 Å². The lowest BCUT2D eigenvalue weighted by atomic mass is 9.87. The number of carbonyl (C=O) groups excluding carboxylic acids is 2. The van der Waals surface area contributed by atoms with E-state index in [1.165, 1.54) is 0 Å². The van der Waals surface area contributed by atoms with Crippen LogP contribution in [0.4, 0.5) is 10.5 Å². The topological polar surface area (TPSA) is 104 Å². The average molecular weight is 291 g/mol. The third-order valence-electron chi connectivity index (χ3n) is 3.78. The minimum Gasteiger partial charge on any atom is -0.393 e. The number of carbonyl (C=O) groups is 2. The summed E-state index contributed by atoms with van der Waals surface area (Å²) in [5.41, 5.74) is 6.11. The fraction of sp³-hybridized carbons (Fsp3) is 0.467. The standard InChI is InChI=1S/C15H21N3O3/c16-15(21)18-12-5-3-11(4-6-12)14(20)17-9-10-1-7-13(19)8-2-10/h3-6,10,13,19H,1-2,7-9H2,(H,17,20)(H3,16,18,21). The summed E-state index contributed by atoms with van der Waals surface area (Å²) in [5, 5.41) is 14.8. The van der Waals surface area contributed by atoms with Crippen molar-refractivity contribution in [3.63, 3.8) is 0 Å². The van der Waals surface area contributed by atoms with E-state index in [2.05, 4.69) is 10.6 Å². The van der Waals surface area contributed by atoms with E-state index in [9.17, 15) is 14.7 Å². The van der Waals surface area contributed by atoms with Gasteiger partial charge in [-0.2, -0.15) is 0 Å². The highest BCUT2D eigenvalue weighted by molar-refractivity contribution is 5.95. The highest BCUT2D eigenvalue weighted by Gasteiger charge is 2.19. The molecule has 0 bridgehead atoms. The summed E-state index contributed by atoms with van der Waals surface area (Å²) in [6, 6.07) is 5.93. The molecule has 1 aliphatic carbocycles. The average Bonchev–Trinajstić information content (AvgIpc) is 2.46. The number of primary amides is 1. The molecule has 0 unspecified atom stereocenters. The molecule has 1 saturated carbocycles. The van der Waals surface area contributed by atoms with E-state index in [4.69, 9.17) is 5.73 Å². The van der Waals surface area contributed by atoms with Crippen LogP contribution in [-0.4, -0.2) is 29.7 Å². The van der Waals surface area contributed by atoms with Crippen LogP contribution < -0.4 is 16.4 Å². The van der Waals surface area contributed by atoms with Crippen LogP contribution >= 0.6 is 0 Å². The quantitative estimate of drug-likeness (QED) is 0.675. The lowest BCUT2D eigenvalue weighted by Crippen LogP contribution is -2.32. The highest BCUT2D eigenvalue weighted by Crippen LogP contribution is 2.23. The van der Waals surface area contributed by atoms with Crippen LogP contribution in [0.1, 0.15) is 36.0 Å². The number of amides is 3. The molecule has 0 aliphatic heterocycles. The third kappa shape index (κ3) is 4.75. The van der Waals surface area contributed by atoms with Gasteiger partial charge in [0.25, 0.3) is 5.91 Å². The number of urea groups is 1. The van der Waals surface area contributed by atoms with Gasteiger partial charge in [0, 0.05) is 17.8 Å². The second kappa shape index (κ2) is 7.08. The molecule has 0 atom stereocenters. The molecule has 21 heavy (non-hydrogen) atoms.